The molecule has 0 spiro atoms. The molecule has 0 radical (unpaired) electrons. The molecule has 6 heteroatoms. The van der Waals surface area contributed by atoms with Gasteiger partial charge in [-0.25, -0.2) is 0 Å². The van der Waals surface area contributed by atoms with Crippen LogP contribution >= 0.6 is 11.6 Å². The molecule has 1 saturated heterocycles. The molecule has 1 fully saturated rings. The van der Waals surface area contributed by atoms with E-state index in [0.717, 1.165) is 13.0 Å². The zero-order valence-corrected chi connectivity index (χ0v) is 11.1. The standard InChI is InChI=1S/C12H16ClN3O2/c1-8-5-10(7-15(8)2)14-11-4-3-9(13)6-12(11)16(17)18/h3-4,6,8,10,14H,5,7H2,1-2H3. The Balaban J connectivity index is 2.17. The molecule has 0 aromatic heterocycles. The minimum Gasteiger partial charge on any atom is -0.375 e. The molecule has 1 aromatic carbocycles. The average Bonchev–Trinajstić information content (AvgIpc) is 2.60. The zero-order chi connectivity index (χ0) is 13.3. The Morgan fingerprint density at radius 2 is 2.28 bits per heavy atom. The summed E-state index contributed by atoms with van der Waals surface area (Å²) in [6.45, 7) is 3.04. The normalized spacial score (nSPS) is 24.2. The smallest absolute Gasteiger partial charge is 0.293 e. The molecule has 1 aliphatic heterocycles. The first kappa shape index (κ1) is 13.1. The minimum absolute atomic E-state index is 0.0321. The highest BCUT2D eigenvalue weighted by molar-refractivity contribution is 6.30. The number of likely N-dealkylation sites (N-methyl/N-ethyl adjacent to an activating group) is 1. The molecule has 0 aliphatic carbocycles. The van der Waals surface area contributed by atoms with Crippen LogP contribution in [-0.4, -0.2) is 35.5 Å². The van der Waals surface area contributed by atoms with Crippen LogP contribution in [0.3, 0.4) is 0 Å². The van der Waals surface area contributed by atoms with Gasteiger partial charge in [-0.15, -0.1) is 0 Å². The van der Waals surface area contributed by atoms with E-state index in [2.05, 4.69) is 24.2 Å². The first-order valence-corrected chi connectivity index (χ1v) is 6.26. The van der Waals surface area contributed by atoms with Gasteiger partial charge in [0.25, 0.3) is 5.69 Å². The first-order chi connectivity index (χ1) is 8.47. The molecule has 1 N–H and O–H groups in total. The Morgan fingerprint density at radius 1 is 1.56 bits per heavy atom. The van der Waals surface area contributed by atoms with Crippen LogP contribution in [0, 0.1) is 10.1 Å². The summed E-state index contributed by atoms with van der Waals surface area (Å²) in [6.07, 6.45) is 0.982. The number of nitrogens with zero attached hydrogens (tertiary/aromatic N) is 2. The molecule has 5 nitrogen and oxygen atoms in total. The van der Waals surface area contributed by atoms with E-state index in [1.54, 1.807) is 12.1 Å². The highest BCUT2D eigenvalue weighted by Gasteiger charge is 2.27. The Bertz CT molecular complexity index is 457. The summed E-state index contributed by atoms with van der Waals surface area (Å²) in [5, 5.41) is 14.6. The Labute approximate surface area is 111 Å². The van der Waals surface area contributed by atoms with Gasteiger partial charge in [-0.1, -0.05) is 11.6 Å². The number of nitrogens with one attached hydrogen (secondary N) is 1. The van der Waals surface area contributed by atoms with Gasteiger partial charge in [-0.3, -0.25) is 10.1 Å². The van der Waals surface area contributed by atoms with Gasteiger partial charge in [0.05, 0.1) is 4.92 Å². The van der Waals surface area contributed by atoms with Crippen LogP contribution < -0.4 is 5.32 Å². The second kappa shape index (κ2) is 5.12. The fraction of sp³-hybridized carbons (Fsp3) is 0.500. The molecule has 2 rings (SSSR count). The second-order valence-electron chi connectivity index (χ2n) is 4.78. The van der Waals surface area contributed by atoms with Crippen molar-refractivity contribution in [3.05, 3.63) is 33.3 Å². The van der Waals surface area contributed by atoms with Crippen LogP contribution in [0.1, 0.15) is 13.3 Å². The van der Waals surface area contributed by atoms with Crippen molar-refractivity contribution in [2.24, 2.45) is 0 Å². The molecule has 0 saturated carbocycles. The molecule has 1 aliphatic rings. The number of nitro groups is 1. The van der Waals surface area contributed by atoms with Gasteiger partial charge in [0.2, 0.25) is 0 Å². The number of nitro benzene ring substituents is 1. The molecule has 0 bridgehead atoms. The third-order valence-electron chi connectivity index (χ3n) is 3.40. The molecule has 2 unspecified atom stereocenters. The van der Waals surface area contributed by atoms with Crippen LogP contribution in [0.4, 0.5) is 11.4 Å². The summed E-state index contributed by atoms with van der Waals surface area (Å²) in [7, 11) is 2.06. The third kappa shape index (κ3) is 2.73. The first-order valence-electron chi connectivity index (χ1n) is 5.88. The minimum atomic E-state index is -0.406. The van der Waals surface area contributed by atoms with Gasteiger partial charge < -0.3 is 10.2 Å². The molecule has 1 aromatic rings. The van der Waals surface area contributed by atoms with Gasteiger partial charge in [0.1, 0.15) is 5.69 Å². The van der Waals surface area contributed by atoms with Crippen LogP contribution in [-0.2, 0) is 0 Å². The molecule has 18 heavy (non-hydrogen) atoms. The van der Waals surface area contributed by atoms with Crippen LogP contribution in [0.25, 0.3) is 0 Å². The highest BCUT2D eigenvalue weighted by atomic mass is 35.5. The Morgan fingerprint density at radius 3 is 2.83 bits per heavy atom. The summed E-state index contributed by atoms with van der Waals surface area (Å²) in [6, 6.07) is 5.45. The van der Waals surface area contributed by atoms with Crippen molar-refractivity contribution < 1.29 is 4.92 Å². The highest BCUT2D eigenvalue weighted by Crippen LogP contribution is 2.30. The van der Waals surface area contributed by atoms with Gasteiger partial charge in [-0.05, 0) is 32.5 Å². The van der Waals surface area contributed by atoms with Crippen LogP contribution in [0.15, 0.2) is 18.2 Å². The van der Waals surface area contributed by atoms with E-state index < -0.39 is 4.92 Å². The maximum absolute atomic E-state index is 11.0. The van der Waals surface area contributed by atoms with E-state index in [9.17, 15) is 10.1 Å². The van der Waals surface area contributed by atoms with Crippen molar-refractivity contribution in [2.75, 3.05) is 18.9 Å². The number of likely N-dealkylation sites (tertiary alicyclic amines) is 1. The number of anilines is 1. The lowest BCUT2D eigenvalue weighted by atomic mass is 10.1. The third-order valence-corrected chi connectivity index (χ3v) is 3.64. The van der Waals surface area contributed by atoms with Gasteiger partial charge >= 0.3 is 0 Å². The van der Waals surface area contributed by atoms with Crippen molar-refractivity contribution in [3.8, 4) is 0 Å². The predicted octanol–water partition coefficient (Wildman–Crippen LogP) is 2.75. The number of halogens is 1. The van der Waals surface area contributed by atoms with Crippen molar-refractivity contribution in [2.45, 2.75) is 25.4 Å². The SMILES string of the molecule is CC1CC(Nc2ccc(Cl)cc2[N+](=O)[O-])CN1C. The number of rotatable bonds is 3. The molecule has 0 amide bonds. The van der Waals surface area contributed by atoms with E-state index in [1.807, 2.05) is 0 Å². The summed E-state index contributed by atoms with van der Waals surface area (Å²) in [5.41, 5.74) is 0.571. The number of hydrogen-bond donors (Lipinski definition) is 1. The molecule has 2 atom stereocenters. The summed E-state index contributed by atoms with van der Waals surface area (Å²) >= 11 is 5.78. The van der Waals surface area contributed by atoms with Gasteiger partial charge in [0.15, 0.2) is 0 Å². The maximum Gasteiger partial charge on any atom is 0.293 e. The van der Waals surface area contributed by atoms with Crippen LogP contribution in [0.2, 0.25) is 5.02 Å². The van der Waals surface area contributed by atoms with Crippen molar-refractivity contribution in [3.63, 3.8) is 0 Å². The zero-order valence-electron chi connectivity index (χ0n) is 10.4. The molecular weight excluding hydrogens is 254 g/mol. The fourth-order valence-electron chi connectivity index (χ4n) is 2.30. The van der Waals surface area contributed by atoms with E-state index >= 15 is 0 Å². The maximum atomic E-state index is 11.0. The van der Waals surface area contributed by atoms with Crippen molar-refractivity contribution >= 4 is 23.0 Å². The lowest BCUT2D eigenvalue weighted by molar-refractivity contribution is -0.384. The van der Waals surface area contributed by atoms with Gasteiger partial charge in [0, 0.05) is 29.7 Å². The van der Waals surface area contributed by atoms with Gasteiger partial charge in [-0.2, -0.15) is 0 Å². The number of benzene rings is 1. The molecule has 1 heterocycles. The average molecular weight is 270 g/mol. The topological polar surface area (TPSA) is 58.4 Å². The lowest BCUT2D eigenvalue weighted by Gasteiger charge is -2.14. The molecular formula is C12H16ClN3O2. The fourth-order valence-corrected chi connectivity index (χ4v) is 2.46. The van der Waals surface area contributed by atoms with Crippen molar-refractivity contribution in [1.29, 1.82) is 0 Å². The monoisotopic (exact) mass is 269 g/mol. The van der Waals surface area contributed by atoms with E-state index in [1.165, 1.54) is 6.07 Å². The Kier molecular flexibility index (Phi) is 3.73. The van der Waals surface area contributed by atoms with E-state index in [4.69, 9.17) is 11.6 Å². The number of hydrogen-bond acceptors (Lipinski definition) is 4. The lowest BCUT2D eigenvalue weighted by Crippen LogP contribution is -2.25. The second-order valence-corrected chi connectivity index (χ2v) is 5.22. The Hall–Kier alpha value is -1.33. The summed E-state index contributed by atoms with van der Waals surface area (Å²) in [5.74, 6) is 0. The van der Waals surface area contributed by atoms with Crippen molar-refractivity contribution in [1.82, 2.24) is 4.90 Å². The van der Waals surface area contributed by atoms with E-state index in [-0.39, 0.29) is 11.7 Å². The predicted molar refractivity (Wildman–Crippen MR) is 72.2 cm³/mol. The quantitative estimate of drug-likeness (QED) is 0.677. The molecule has 98 valence electrons. The largest absolute Gasteiger partial charge is 0.375 e. The van der Waals surface area contributed by atoms with E-state index in [0.29, 0.717) is 16.8 Å². The summed E-state index contributed by atoms with van der Waals surface area (Å²) < 4.78 is 0. The van der Waals surface area contributed by atoms with Crippen LogP contribution in [0.5, 0.6) is 0 Å². The summed E-state index contributed by atoms with van der Waals surface area (Å²) in [4.78, 5) is 12.8.